The Morgan fingerprint density at radius 2 is 1.90 bits per heavy atom. The van der Waals surface area contributed by atoms with Crippen LogP contribution in [0.25, 0.3) is 0 Å². The number of hydrogen-bond donors (Lipinski definition) is 0. The van der Waals surface area contributed by atoms with Crippen molar-refractivity contribution in [2.24, 2.45) is 11.8 Å². The first-order chi connectivity index (χ1) is 9.97. The molecule has 3 atom stereocenters. The van der Waals surface area contributed by atoms with Gasteiger partial charge in [0.15, 0.2) is 5.78 Å². The Morgan fingerprint density at radius 3 is 2.48 bits per heavy atom. The largest absolute Gasteiger partial charge is 0.370 e. The lowest BCUT2D eigenvalue weighted by Gasteiger charge is -2.31. The third-order valence-electron chi connectivity index (χ3n) is 4.40. The van der Waals surface area contributed by atoms with Gasteiger partial charge in [0, 0.05) is 17.7 Å². The number of carbonyl (C=O) groups is 1. The number of benzene rings is 1. The minimum absolute atomic E-state index is 0.0115. The number of nitrogens with zero attached hydrogens (tertiary/aromatic N) is 1. The van der Waals surface area contributed by atoms with Crippen LogP contribution in [-0.2, 0) is 4.74 Å². The molecule has 0 spiro atoms. The number of nitro groups is 1. The van der Waals surface area contributed by atoms with Gasteiger partial charge in [-0.05, 0) is 43.2 Å². The quantitative estimate of drug-likeness (QED) is 0.472. The Morgan fingerprint density at radius 1 is 1.24 bits per heavy atom. The predicted octanol–water partition coefficient (Wildman–Crippen LogP) is 3.62. The second-order valence-electron chi connectivity index (χ2n) is 5.93. The zero-order valence-electron chi connectivity index (χ0n) is 12.5. The number of hydrogen-bond acceptors (Lipinski definition) is 4. The van der Waals surface area contributed by atoms with Gasteiger partial charge in [-0.3, -0.25) is 14.9 Å². The summed E-state index contributed by atoms with van der Waals surface area (Å²) in [6.45, 7) is 4.52. The Labute approximate surface area is 124 Å². The van der Waals surface area contributed by atoms with E-state index in [1.807, 2.05) is 0 Å². The van der Waals surface area contributed by atoms with Crippen LogP contribution in [0.4, 0.5) is 5.69 Å². The summed E-state index contributed by atoms with van der Waals surface area (Å²) in [6, 6.07) is 5.65. The minimum atomic E-state index is -0.477. The third-order valence-corrected chi connectivity index (χ3v) is 4.40. The van der Waals surface area contributed by atoms with Crippen LogP contribution < -0.4 is 0 Å². The number of carbonyl (C=O) groups excluding carboxylic acids is 1. The van der Waals surface area contributed by atoms with Gasteiger partial charge in [-0.15, -0.1) is 0 Å². The van der Waals surface area contributed by atoms with Crippen molar-refractivity contribution in [3.8, 4) is 0 Å². The van der Waals surface area contributed by atoms with E-state index in [1.54, 1.807) is 0 Å². The highest BCUT2D eigenvalue weighted by molar-refractivity contribution is 5.97. The summed E-state index contributed by atoms with van der Waals surface area (Å²) in [5.74, 6) is 1.21. The van der Waals surface area contributed by atoms with E-state index in [4.69, 9.17) is 4.74 Å². The summed E-state index contributed by atoms with van der Waals surface area (Å²) in [7, 11) is 0. The van der Waals surface area contributed by atoms with E-state index in [1.165, 1.54) is 24.3 Å². The molecule has 1 aromatic carbocycles. The predicted molar refractivity (Wildman–Crippen MR) is 79.3 cm³/mol. The van der Waals surface area contributed by atoms with Crippen LogP contribution in [0.3, 0.4) is 0 Å². The summed E-state index contributed by atoms with van der Waals surface area (Å²) in [6.07, 6.45) is 3.28. The summed E-state index contributed by atoms with van der Waals surface area (Å²) < 4.78 is 5.71. The molecule has 0 aliphatic heterocycles. The van der Waals surface area contributed by atoms with E-state index < -0.39 is 4.92 Å². The van der Waals surface area contributed by atoms with Crippen LogP contribution in [0.15, 0.2) is 24.3 Å². The monoisotopic (exact) mass is 291 g/mol. The molecule has 0 aromatic heterocycles. The third kappa shape index (κ3) is 4.11. The molecule has 1 aliphatic carbocycles. The lowest BCUT2D eigenvalue weighted by molar-refractivity contribution is -0.384. The van der Waals surface area contributed by atoms with Crippen LogP contribution in [-0.4, -0.2) is 23.4 Å². The van der Waals surface area contributed by atoms with Gasteiger partial charge in [0.1, 0.15) is 6.61 Å². The Balaban J connectivity index is 1.85. The molecule has 0 heterocycles. The lowest BCUT2D eigenvalue weighted by Crippen LogP contribution is -2.28. The van der Waals surface area contributed by atoms with Crippen LogP contribution in [0, 0.1) is 22.0 Å². The number of non-ortho nitro benzene ring substituents is 1. The van der Waals surface area contributed by atoms with Gasteiger partial charge in [0.25, 0.3) is 5.69 Å². The molecule has 1 saturated carbocycles. The van der Waals surface area contributed by atoms with Crippen molar-refractivity contribution in [1.82, 2.24) is 0 Å². The van der Waals surface area contributed by atoms with Crippen molar-refractivity contribution >= 4 is 11.5 Å². The molecule has 21 heavy (non-hydrogen) atoms. The van der Waals surface area contributed by atoms with Gasteiger partial charge in [0.2, 0.25) is 0 Å². The average Bonchev–Trinajstić information content (AvgIpc) is 2.48. The maximum atomic E-state index is 12.0. The number of nitro benzene ring substituents is 1. The maximum Gasteiger partial charge on any atom is 0.269 e. The zero-order chi connectivity index (χ0) is 15.4. The summed E-state index contributed by atoms with van der Waals surface area (Å²) in [5, 5.41) is 10.6. The fourth-order valence-electron chi connectivity index (χ4n) is 2.70. The van der Waals surface area contributed by atoms with Gasteiger partial charge < -0.3 is 4.74 Å². The normalized spacial score (nSPS) is 25.5. The molecule has 1 aromatic rings. The molecule has 3 unspecified atom stereocenters. The number of ketones is 1. The van der Waals surface area contributed by atoms with Crippen molar-refractivity contribution in [3.63, 3.8) is 0 Å². The van der Waals surface area contributed by atoms with E-state index in [-0.39, 0.29) is 24.2 Å². The number of ether oxygens (including phenoxy) is 1. The molecule has 1 fully saturated rings. The molecule has 1 aliphatic rings. The van der Waals surface area contributed by atoms with Crippen LogP contribution in [0.2, 0.25) is 0 Å². The first-order valence-corrected chi connectivity index (χ1v) is 7.36. The van der Waals surface area contributed by atoms with E-state index in [9.17, 15) is 14.9 Å². The zero-order valence-corrected chi connectivity index (χ0v) is 12.5. The SMILES string of the molecule is CC1CCC(OCC(=O)c2ccc([N+](=O)[O-])cc2)CC1C. The van der Waals surface area contributed by atoms with Crippen LogP contribution in [0.1, 0.15) is 43.5 Å². The number of rotatable bonds is 5. The van der Waals surface area contributed by atoms with Crippen molar-refractivity contribution < 1.29 is 14.5 Å². The molecule has 5 heteroatoms. The highest BCUT2D eigenvalue weighted by Gasteiger charge is 2.25. The first-order valence-electron chi connectivity index (χ1n) is 7.36. The molecule has 0 amide bonds. The maximum absolute atomic E-state index is 12.0. The molecule has 114 valence electrons. The fourth-order valence-corrected chi connectivity index (χ4v) is 2.70. The highest BCUT2D eigenvalue weighted by Crippen LogP contribution is 2.30. The number of Topliss-reactive ketones (excluding diaryl/α,β-unsaturated/α-hetero) is 1. The summed E-state index contributed by atoms with van der Waals surface area (Å²) >= 11 is 0. The van der Waals surface area contributed by atoms with E-state index in [0.29, 0.717) is 11.5 Å². The molecule has 0 radical (unpaired) electrons. The standard InChI is InChI=1S/C16H21NO4/c1-11-3-8-15(9-12(11)2)21-10-16(18)13-4-6-14(7-5-13)17(19)20/h4-7,11-12,15H,3,8-10H2,1-2H3. The molecule has 0 bridgehead atoms. The van der Waals surface area contributed by atoms with Gasteiger partial charge in [0.05, 0.1) is 11.0 Å². The van der Waals surface area contributed by atoms with E-state index >= 15 is 0 Å². The summed E-state index contributed by atoms with van der Waals surface area (Å²) in [4.78, 5) is 22.1. The highest BCUT2D eigenvalue weighted by atomic mass is 16.6. The minimum Gasteiger partial charge on any atom is -0.370 e. The van der Waals surface area contributed by atoms with Crippen LogP contribution >= 0.6 is 0 Å². The van der Waals surface area contributed by atoms with Crippen molar-refractivity contribution in [1.29, 1.82) is 0 Å². The van der Waals surface area contributed by atoms with Gasteiger partial charge in [-0.1, -0.05) is 13.8 Å². The second kappa shape index (κ2) is 6.80. The molecule has 5 nitrogen and oxygen atoms in total. The smallest absolute Gasteiger partial charge is 0.269 e. The molecular formula is C16H21NO4. The molecular weight excluding hydrogens is 270 g/mol. The van der Waals surface area contributed by atoms with Gasteiger partial charge in [-0.2, -0.15) is 0 Å². The Kier molecular flexibility index (Phi) is 5.07. The van der Waals surface area contributed by atoms with E-state index in [0.717, 1.165) is 25.2 Å². The Hall–Kier alpha value is -1.75. The van der Waals surface area contributed by atoms with Crippen molar-refractivity contribution in [2.75, 3.05) is 6.61 Å². The topological polar surface area (TPSA) is 69.4 Å². The second-order valence-corrected chi connectivity index (χ2v) is 5.93. The van der Waals surface area contributed by atoms with Crippen molar-refractivity contribution in [3.05, 3.63) is 39.9 Å². The van der Waals surface area contributed by atoms with Crippen molar-refractivity contribution in [2.45, 2.75) is 39.2 Å². The lowest BCUT2D eigenvalue weighted by atomic mass is 9.80. The molecule has 2 rings (SSSR count). The van der Waals surface area contributed by atoms with Gasteiger partial charge in [-0.25, -0.2) is 0 Å². The average molecular weight is 291 g/mol. The molecule has 0 N–H and O–H groups in total. The molecule has 0 saturated heterocycles. The summed E-state index contributed by atoms with van der Waals surface area (Å²) in [5.41, 5.74) is 0.445. The van der Waals surface area contributed by atoms with Gasteiger partial charge >= 0.3 is 0 Å². The fraction of sp³-hybridized carbons (Fsp3) is 0.562. The van der Waals surface area contributed by atoms with E-state index in [2.05, 4.69) is 13.8 Å². The van der Waals surface area contributed by atoms with Crippen LogP contribution in [0.5, 0.6) is 0 Å². The Bertz CT molecular complexity index is 512. The first kappa shape index (κ1) is 15.6.